The average molecular weight is 285 g/mol. The lowest BCUT2D eigenvalue weighted by molar-refractivity contribution is -0.115. The van der Waals surface area contributed by atoms with Crippen LogP contribution in [0.25, 0.3) is 0 Å². The number of hydrogen-bond donors (Lipinski definition) is 2. The third-order valence-corrected chi connectivity index (χ3v) is 2.43. The molecule has 2 rings (SSSR count). The van der Waals surface area contributed by atoms with Gasteiger partial charge in [-0.25, -0.2) is 4.98 Å². The molecule has 21 heavy (non-hydrogen) atoms. The maximum Gasteiger partial charge on any atom is 0.221 e. The minimum Gasteiger partial charge on any atom is -0.439 e. The highest BCUT2D eigenvalue weighted by Gasteiger charge is 2.02. The quantitative estimate of drug-likeness (QED) is 0.905. The Morgan fingerprint density at radius 2 is 1.71 bits per heavy atom. The van der Waals surface area contributed by atoms with Crippen LogP contribution in [0.15, 0.2) is 42.6 Å². The van der Waals surface area contributed by atoms with Gasteiger partial charge in [-0.05, 0) is 18.2 Å². The van der Waals surface area contributed by atoms with Crippen molar-refractivity contribution in [2.45, 2.75) is 13.8 Å². The second-order valence-electron chi connectivity index (χ2n) is 4.38. The number of carbonyl (C=O) groups excluding carboxylic acids is 2. The summed E-state index contributed by atoms with van der Waals surface area (Å²) in [6.45, 7) is 2.87. The minimum atomic E-state index is -0.159. The Hall–Kier alpha value is -2.89. The van der Waals surface area contributed by atoms with Gasteiger partial charge >= 0.3 is 0 Å². The molecule has 0 bridgehead atoms. The Morgan fingerprint density at radius 3 is 2.33 bits per heavy atom. The van der Waals surface area contributed by atoms with Gasteiger partial charge in [-0.2, -0.15) is 0 Å². The second kappa shape index (κ2) is 6.51. The Morgan fingerprint density at radius 1 is 1.00 bits per heavy atom. The number of ether oxygens (including phenoxy) is 1. The van der Waals surface area contributed by atoms with Crippen LogP contribution in [0.5, 0.6) is 11.6 Å². The lowest BCUT2D eigenvalue weighted by Gasteiger charge is -2.08. The maximum atomic E-state index is 11.0. The number of pyridine rings is 1. The summed E-state index contributed by atoms with van der Waals surface area (Å²) in [7, 11) is 0. The maximum absolute atomic E-state index is 11.0. The first-order valence-corrected chi connectivity index (χ1v) is 6.32. The van der Waals surface area contributed by atoms with Crippen molar-refractivity contribution in [3.05, 3.63) is 42.6 Å². The van der Waals surface area contributed by atoms with Crippen LogP contribution in [0.4, 0.5) is 11.4 Å². The SMILES string of the molecule is CC(=O)Nc1ccc(Oc2cccc(NC(C)=O)c2)nc1. The summed E-state index contributed by atoms with van der Waals surface area (Å²) in [5, 5.41) is 5.30. The zero-order valence-corrected chi connectivity index (χ0v) is 11.7. The normalized spacial score (nSPS) is 9.81. The molecule has 2 aromatic rings. The Labute approximate surface area is 122 Å². The number of hydrogen-bond acceptors (Lipinski definition) is 4. The molecule has 2 N–H and O–H groups in total. The minimum absolute atomic E-state index is 0.148. The molecule has 2 amide bonds. The fraction of sp³-hybridized carbons (Fsp3) is 0.133. The summed E-state index contributed by atoms with van der Waals surface area (Å²) in [5.74, 6) is 0.642. The number of nitrogens with zero attached hydrogens (tertiary/aromatic N) is 1. The average Bonchev–Trinajstić information content (AvgIpc) is 2.40. The van der Waals surface area contributed by atoms with E-state index in [1.165, 1.54) is 20.0 Å². The smallest absolute Gasteiger partial charge is 0.221 e. The van der Waals surface area contributed by atoms with E-state index in [0.29, 0.717) is 23.0 Å². The summed E-state index contributed by atoms with van der Waals surface area (Å²) >= 11 is 0. The fourth-order valence-electron chi connectivity index (χ4n) is 1.68. The Balaban J connectivity index is 2.07. The molecule has 1 aromatic heterocycles. The van der Waals surface area contributed by atoms with E-state index in [1.807, 2.05) is 0 Å². The number of benzene rings is 1. The zero-order valence-electron chi connectivity index (χ0n) is 11.7. The molecule has 0 atom stereocenters. The molecule has 1 aromatic carbocycles. The monoisotopic (exact) mass is 285 g/mol. The Bertz CT molecular complexity index is 653. The summed E-state index contributed by atoms with van der Waals surface area (Å²) in [6.07, 6.45) is 1.51. The van der Waals surface area contributed by atoms with Crippen LogP contribution >= 0.6 is 0 Å². The van der Waals surface area contributed by atoms with Crippen molar-refractivity contribution in [1.29, 1.82) is 0 Å². The van der Waals surface area contributed by atoms with Crippen LogP contribution in [-0.2, 0) is 9.59 Å². The predicted octanol–water partition coefficient (Wildman–Crippen LogP) is 2.79. The van der Waals surface area contributed by atoms with Crippen LogP contribution in [-0.4, -0.2) is 16.8 Å². The number of rotatable bonds is 4. The molecular formula is C15H15N3O3. The van der Waals surface area contributed by atoms with Gasteiger partial charge < -0.3 is 15.4 Å². The van der Waals surface area contributed by atoms with Gasteiger partial charge in [-0.1, -0.05) is 6.07 Å². The Kier molecular flexibility index (Phi) is 4.50. The van der Waals surface area contributed by atoms with Crippen molar-refractivity contribution in [3.8, 4) is 11.6 Å². The topological polar surface area (TPSA) is 80.3 Å². The van der Waals surface area contributed by atoms with Crippen LogP contribution < -0.4 is 15.4 Å². The van der Waals surface area contributed by atoms with Crippen LogP contribution in [0, 0.1) is 0 Å². The summed E-state index contributed by atoms with van der Waals surface area (Å²) < 4.78 is 5.59. The summed E-state index contributed by atoms with van der Waals surface area (Å²) in [5.41, 5.74) is 1.25. The molecule has 0 radical (unpaired) electrons. The summed E-state index contributed by atoms with van der Waals surface area (Å²) in [6, 6.07) is 10.3. The molecule has 0 aliphatic carbocycles. The zero-order chi connectivity index (χ0) is 15.2. The number of amides is 2. The number of nitrogens with one attached hydrogen (secondary N) is 2. The molecule has 0 aliphatic heterocycles. The van der Waals surface area contributed by atoms with Gasteiger partial charge in [0.15, 0.2) is 0 Å². The standard InChI is InChI=1S/C15H15N3O3/c1-10(19)17-12-4-3-5-14(8-12)21-15-7-6-13(9-16-15)18-11(2)20/h3-9H,1-2H3,(H,17,19)(H,18,20). The van der Waals surface area contributed by atoms with E-state index in [-0.39, 0.29) is 11.8 Å². The van der Waals surface area contributed by atoms with Gasteiger partial charge in [0.2, 0.25) is 17.7 Å². The molecule has 6 nitrogen and oxygen atoms in total. The van der Waals surface area contributed by atoms with Crippen molar-refractivity contribution in [1.82, 2.24) is 4.98 Å². The van der Waals surface area contributed by atoms with Gasteiger partial charge in [0, 0.05) is 31.7 Å². The highest BCUT2D eigenvalue weighted by molar-refractivity contribution is 5.89. The van der Waals surface area contributed by atoms with E-state index in [9.17, 15) is 9.59 Å². The number of aromatic nitrogens is 1. The molecule has 6 heteroatoms. The van der Waals surface area contributed by atoms with Gasteiger partial charge in [0.05, 0.1) is 11.9 Å². The number of anilines is 2. The first kappa shape index (κ1) is 14.5. The predicted molar refractivity (Wildman–Crippen MR) is 79.4 cm³/mol. The van der Waals surface area contributed by atoms with Crippen molar-refractivity contribution < 1.29 is 14.3 Å². The number of carbonyl (C=O) groups is 2. The molecule has 0 aliphatic rings. The lowest BCUT2D eigenvalue weighted by atomic mass is 10.3. The molecule has 0 unspecified atom stereocenters. The van der Waals surface area contributed by atoms with E-state index in [4.69, 9.17) is 4.74 Å². The van der Waals surface area contributed by atoms with E-state index < -0.39 is 0 Å². The van der Waals surface area contributed by atoms with E-state index >= 15 is 0 Å². The summed E-state index contributed by atoms with van der Waals surface area (Å²) in [4.78, 5) is 26.0. The molecule has 108 valence electrons. The van der Waals surface area contributed by atoms with E-state index in [1.54, 1.807) is 36.4 Å². The van der Waals surface area contributed by atoms with Gasteiger partial charge in [-0.15, -0.1) is 0 Å². The van der Waals surface area contributed by atoms with Gasteiger partial charge in [0.25, 0.3) is 0 Å². The highest BCUT2D eigenvalue weighted by Crippen LogP contribution is 2.23. The lowest BCUT2D eigenvalue weighted by Crippen LogP contribution is -2.06. The van der Waals surface area contributed by atoms with Crippen molar-refractivity contribution in [3.63, 3.8) is 0 Å². The van der Waals surface area contributed by atoms with Crippen LogP contribution in [0.3, 0.4) is 0 Å². The third kappa shape index (κ3) is 4.61. The largest absolute Gasteiger partial charge is 0.439 e. The third-order valence-electron chi connectivity index (χ3n) is 2.43. The first-order chi connectivity index (χ1) is 10.0. The molecule has 0 saturated carbocycles. The first-order valence-electron chi connectivity index (χ1n) is 6.32. The molecule has 0 fully saturated rings. The van der Waals surface area contributed by atoms with Crippen molar-refractivity contribution >= 4 is 23.2 Å². The van der Waals surface area contributed by atoms with Gasteiger partial charge in [0.1, 0.15) is 5.75 Å². The molecule has 0 spiro atoms. The van der Waals surface area contributed by atoms with Gasteiger partial charge in [-0.3, -0.25) is 9.59 Å². The molecular weight excluding hydrogens is 270 g/mol. The molecule has 0 saturated heterocycles. The van der Waals surface area contributed by atoms with Crippen LogP contribution in [0.1, 0.15) is 13.8 Å². The van der Waals surface area contributed by atoms with Crippen molar-refractivity contribution in [2.24, 2.45) is 0 Å². The van der Waals surface area contributed by atoms with Crippen LogP contribution in [0.2, 0.25) is 0 Å². The second-order valence-corrected chi connectivity index (χ2v) is 4.38. The van der Waals surface area contributed by atoms with E-state index in [2.05, 4.69) is 15.6 Å². The molecule has 1 heterocycles. The highest BCUT2D eigenvalue weighted by atomic mass is 16.5. The fourth-order valence-corrected chi connectivity index (χ4v) is 1.68. The van der Waals surface area contributed by atoms with E-state index in [0.717, 1.165) is 0 Å². The van der Waals surface area contributed by atoms with Crippen molar-refractivity contribution in [2.75, 3.05) is 10.6 Å².